The molecule has 0 aromatic heterocycles. The van der Waals surface area contributed by atoms with Gasteiger partial charge in [-0.15, -0.1) is 0 Å². The van der Waals surface area contributed by atoms with E-state index in [1.54, 1.807) is 4.31 Å². The van der Waals surface area contributed by atoms with E-state index in [1.165, 1.54) is 0 Å². The van der Waals surface area contributed by atoms with Gasteiger partial charge >= 0.3 is 0 Å². The molecule has 150 valence electrons. The molecule has 6 nitrogen and oxygen atoms in total. The summed E-state index contributed by atoms with van der Waals surface area (Å²) in [4.78, 5) is 0. The topological polar surface area (TPSA) is 97.1 Å². The van der Waals surface area contributed by atoms with Gasteiger partial charge < -0.3 is 0 Å². The highest BCUT2D eigenvalue weighted by Gasteiger charge is 2.30. The molecule has 2 atom stereocenters. The van der Waals surface area contributed by atoms with Crippen molar-refractivity contribution >= 4 is 19.8 Å². The highest BCUT2D eigenvalue weighted by atomic mass is 32.2. The molecule has 1 rings (SSSR count). The molecule has 0 aliphatic heterocycles. The monoisotopic (exact) mass is 394 g/mol. The predicted octanol–water partition coefficient (Wildman–Crippen LogP) is 3.84. The zero-order valence-corrected chi connectivity index (χ0v) is 18.4. The van der Waals surface area contributed by atoms with Crippen molar-refractivity contribution in [3.05, 3.63) is 0 Å². The van der Waals surface area contributed by atoms with Crippen LogP contribution in [-0.2, 0) is 19.8 Å². The number of rotatable bonds is 11. The first-order chi connectivity index (χ1) is 11.2. The van der Waals surface area contributed by atoms with E-state index in [1.807, 2.05) is 41.5 Å². The average Bonchev–Trinajstić information content (AvgIpc) is 3.12. The van der Waals surface area contributed by atoms with Crippen molar-refractivity contribution in [2.24, 2.45) is 10.8 Å². The minimum absolute atomic E-state index is 0.142. The van der Waals surface area contributed by atoms with Crippen LogP contribution in [0.4, 0.5) is 0 Å². The van der Waals surface area contributed by atoms with Crippen molar-refractivity contribution in [3.8, 4) is 0 Å². The quantitative estimate of drug-likeness (QED) is 0.496. The van der Waals surface area contributed by atoms with Crippen molar-refractivity contribution < 1.29 is 8.42 Å². The first kappa shape index (κ1) is 22.9. The first-order valence-electron chi connectivity index (χ1n) is 9.21. The Bertz CT molecular complexity index is 630. The second-order valence-electron chi connectivity index (χ2n) is 9.35. The largest absolute Gasteiger partial charge is 0.240 e. The van der Waals surface area contributed by atoms with Crippen molar-refractivity contribution in [2.75, 3.05) is 24.6 Å². The standard InChI is InChI=1S/C17H38N4O2S2/c1-7-21(25(19,23)13-16(2,3)4)12-8-11-17(5,6)14-24(18,22)20-15-9-10-15/h15,19H,7-14H2,1-6H3,(H2,18,20,22). The molecule has 25 heavy (non-hydrogen) atoms. The highest BCUT2D eigenvalue weighted by molar-refractivity contribution is 7.90. The van der Waals surface area contributed by atoms with Crippen LogP contribution in [0.2, 0.25) is 0 Å². The van der Waals surface area contributed by atoms with Crippen LogP contribution in [0.15, 0.2) is 0 Å². The van der Waals surface area contributed by atoms with Crippen LogP contribution in [0.5, 0.6) is 0 Å². The van der Waals surface area contributed by atoms with E-state index in [2.05, 4.69) is 4.72 Å². The number of hydrogen-bond donors (Lipinski definition) is 3. The zero-order valence-electron chi connectivity index (χ0n) is 16.8. The summed E-state index contributed by atoms with van der Waals surface area (Å²) in [5, 5.41) is 0. The minimum atomic E-state index is -2.76. The summed E-state index contributed by atoms with van der Waals surface area (Å²) < 4.78 is 46.2. The molecule has 8 heteroatoms. The van der Waals surface area contributed by atoms with Crippen molar-refractivity contribution in [1.29, 1.82) is 9.56 Å². The fraction of sp³-hybridized carbons (Fsp3) is 1.00. The molecule has 0 saturated heterocycles. The van der Waals surface area contributed by atoms with Crippen LogP contribution < -0.4 is 4.72 Å². The molecule has 0 spiro atoms. The fourth-order valence-electron chi connectivity index (χ4n) is 3.06. The Kier molecular flexibility index (Phi) is 7.53. The van der Waals surface area contributed by atoms with Gasteiger partial charge in [-0.25, -0.2) is 27.0 Å². The molecule has 0 amide bonds. The molecule has 1 aliphatic carbocycles. The van der Waals surface area contributed by atoms with Gasteiger partial charge in [-0.05, 0) is 36.5 Å². The van der Waals surface area contributed by atoms with E-state index in [0.29, 0.717) is 24.6 Å². The summed E-state index contributed by atoms with van der Waals surface area (Å²) in [5.41, 5.74) is -0.357. The Hall–Kier alpha value is -0.180. The molecular formula is C17H38N4O2S2. The smallest absolute Gasteiger partial charge is 0.108 e. The third-order valence-corrected chi connectivity index (χ3v) is 8.62. The van der Waals surface area contributed by atoms with Gasteiger partial charge in [0.15, 0.2) is 0 Å². The van der Waals surface area contributed by atoms with Crippen LogP contribution >= 0.6 is 0 Å². The Morgan fingerprint density at radius 3 is 2.08 bits per heavy atom. The van der Waals surface area contributed by atoms with Gasteiger partial charge in [0.1, 0.15) is 19.8 Å². The number of nitrogens with one attached hydrogen (secondary N) is 3. The van der Waals surface area contributed by atoms with Crippen LogP contribution in [0.1, 0.15) is 67.2 Å². The molecule has 1 aliphatic rings. The van der Waals surface area contributed by atoms with Crippen LogP contribution in [0, 0.1) is 20.4 Å². The van der Waals surface area contributed by atoms with E-state index in [-0.39, 0.29) is 16.9 Å². The fourth-order valence-corrected chi connectivity index (χ4v) is 7.36. The van der Waals surface area contributed by atoms with Gasteiger partial charge in [0, 0.05) is 19.1 Å². The SMILES string of the molecule is CCN(CCCC(C)(C)CS(=N)(=O)NC1CC1)S(=N)(=O)CC(C)(C)C. The van der Waals surface area contributed by atoms with E-state index in [9.17, 15) is 8.42 Å². The summed E-state index contributed by atoms with van der Waals surface area (Å²) in [7, 11) is -5.51. The Morgan fingerprint density at radius 1 is 1.08 bits per heavy atom. The molecule has 0 aromatic rings. The Labute approximate surface area is 155 Å². The molecule has 0 radical (unpaired) electrons. The molecule has 1 saturated carbocycles. The molecule has 0 heterocycles. The van der Waals surface area contributed by atoms with Gasteiger partial charge in [0.25, 0.3) is 0 Å². The Morgan fingerprint density at radius 2 is 1.64 bits per heavy atom. The van der Waals surface area contributed by atoms with E-state index >= 15 is 0 Å². The second-order valence-corrected chi connectivity index (χ2v) is 13.3. The van der Waals surface area contributed by atoms with Gasteiger partial charge in [-0.2, -0.15) is 0 Å². The lowest BCUT2D eigenvalue weighted by molar-refractivity contribution is 0.337. The zero-order chi connectivity index (χ0) is 19.5. The number of nitrogens with zero attached hydrogens (tertiary/aromatic N) is 1. The summed E-state index contributed by atoms with van der Waals surface area (Å²) >= 11 is 0. The van der Waals surface area contributed by atoms with E-state index in [0.717, 1.165) is 25.7 Å². The van der Waals surface area contributed by atoms with E-state index in [4.69, 9.17) is 9.56 Å². The lowest BCUT2D eigenvalue weighted by Gasteiger charge is -2.30. The summed E-state index contributed by atoms with van der Waals surface area (Å²) in [6, 6.07) is 0.266. The van der Waals surface area contributed by atoms with Gasteiger partial charge in [0.2, 0.25) is 0 Å². The second kappa shape index (κ2) is 8.23. The maximum Gasteiger partial charge on any atom is 0.108 e. The van der Waals surface area contributed by atoms with Gasteiger partial charge in [-0.1, -0.05) is 41.5 Å². The Balaban J connectivity index is 2.54. The van der Waals surface area contributed by atoms with Crippen LogP contribution in [0.3, 0.4) is 0 Å². The van der Waals surface area contributed by atoms with Crippen molar-refractivity contribution in [2.45, 2.75) is 73.3 Å². The molecule has 0 bridgehead atoms. The molecule has 3 N–H and O–H groups in total. The third kappa shape index (κ3) is 9.35. The summed E-state index contributed by atoms with van der Waals surface area (Å²) in [6.07, 6.45) is 3.64. The number of hydrogen-bond acceptors (Lipinski definition) is 4. The minimum Gasteiger partial charge on any atom is -0.240 e. The molecular weight excluding hydrogens is 356 g/mol. The van der Waals surface area contributed by atoms with Crippen LogP contribution in [0.25, 0.3) is 0 Å². The van der Waals surface area contributed by atoms with Crippen molar-refractivity contribution in [1.82, 2.24) is 9.03 Å². The van der Waals surface area contributed by atoms with E-state index < -0.39 is 19.8 Å². The van der Waals surface area contributed by atoms with Crippen molar-refractivity contribution in [3.63, 3.8) is 0 Å². The third-order valence-electron chi connectivity index (χ3n) is 4.19. The first-order valence-corrected chi connectivity index (χ1v) is 12.6. The maximum absolute atomic E-state index is 12.8. The highest BCUT2D eigenvalue weighted by Crippen LogP contribution is 2.27. The maximum atomic E-state index is 12.8. The lowest BCUT2D eigenvalue weighted by Crippen LogP contribution is -2.38. The predicted molar refractivity (Wildman–Crippen MR) is 107 cm³/mol. The van der Waals surface area contributed by atoms with Gasteiger partial charge in [-0.3, -0.25) is 0 Å². The average molecular weight is 395 g/mol. The lowest BCUT2D eigenvalue weighted by atomic mass is 9.90. The normalized spacial score (nSPS) is 21.1. The summed E-state index contributed by atoms with van der Waals surface area (Å²) in [6.45, 7) is 13.3. The van der Waals surface area contributed by atoms with Crippen LogP contribution in [-0.4, -0.2) is 43.4 Å². The molecule has 0 aromatic carbocycles. The summed E-state index contributed by atoms with van der Waals surface area (Å²) in [5.74, 6) is 0.698. The molecule has 2 unspecified atom stereocenters. The van der Waals surface area contributed by atoms with Gasteiger partial charge in [0.05, 0.1) is 11.5 Å². The molecule has 1 fully saturated rings.